The molecule has 0 radical (unpaired) electrons. The van der Waals surface area contributed by atoms with Gasteiger partial charge in [-0.25, -0.2) is 0 Å². The highest BCUT2D eigenvalue weighted by Crippen LogP contribution is 2.20. The van der Waals surface area contributed by atoms with Crippen molar-refractivity contribution in [2.45, 2.75) is 0 Å². The number of aromatic nitrogens is 3. The van der Waals surface area contributed by atoms with Gasteiger partial charge in [0.25, 0.3) is 5.56 Å². The van der Waals surface area contributed by atoms with Gasteiger partial charge < -0.3 is 9.97 Å². The van der Waals surface area contributed by atoms with Crippen molar-refractivity contribution in [1.29, 1.82) is 0 Å². The third kappa shape index (κ3) is 2.44. The number of pyridine rings is 1. The van der Waals surface area contributed by atoms with Crippen LogP contribution in [0.15, 0.2) is 71.9 Å². The second kappa shape index (κ2) is 5.40. The highest BCUT2D eigenvalue weighted by molar-refractivity contribution is 5.84. The lowest BCUT2D eigenvalue weighted by molar-refractivity contribution is 1.25. The fourth-order valence-corrected chi connectivity index (χ4v) is 2.01. The molecule has 0 aromatic carbocycles. The van der Waals surface area contributed by atoms with E-state index in [1.54, 1.807) is 30.7 Å². The quantitative estimate of drug-likeness (QED) is 0.708. The number of aromatic amines is 2. The monoisotopic (exact) mass is 263 g/mol. The van der Waals surface area contributed by atoms with Crippen LogP contribution >= 0.6 is 0 Å². The van der Waals surface area contributed by atoms with Gasteiger partial charge in [0.05, 0.1) is 11.3 Å². The zero-order valence-corrected chi connectivity index (χ0v) is 10.7. The molecular formula is C16H13N3O. The molecule has 0 bridgehead atoms. The van der Waals surface area contributed by atoms with Gasteiger partial charge in [-0.3, -0.25) is 9.78 Å². The number of nitrogens with one attached hydrogen (secondary N) is 2. The van der Waals surface area contributed by atoms with E-state index in [0.29, 0.717) is 5.56 Å². The lowest BCUT2D eigenvalue weighted by Crippen LogP contribution is -2.05. The average molecular weight is 263 g/mol. The molecule has 2 N–H and O–H groups in total. The second-order valence-electron chi connectivity index (χ2n) is 4.33. The minimum atomic E-state index is -0.152. The number of nitrogens with zero attached hydrogens (tertiary/aromatic N) is 1. The summed E-state index contributed by atoms with van der Waals surface area (Å²) in [5.74, 6) is 0. The molecule has 4 heteroatoms. The first-order chi connectivity index (χ1) is 9.84. The summed E-state index contributed by atoms with van der Waals surface area (Å²) in [5.41, 5.74) is 2.16. The zero-order valence-electron chi connectivity index (χ0n) is 10.7. The van der Waals surface area contributed by atoms with Crippen LogP contribution in [0.5, 0.6) is 0 Å². The summed E-state index contributed by atoms with van der Waals surface area (Å²) in [4.78, 5) is 22.2. The average Bonchev–Trinajstić information content (AvgIpc) is 2.89. The zero-order chi connectivity index (χ0) is 13.8. The van der Waals surface area contributed by atoms with Crippen molar-refractivity contribution in [2.75, 3.05) is 0 Å². The molecule has 3 aromatic rings. The van der Waals surface area contributed by atoms with Gasteiger partial charge in [0.15, 0.2) is 0 Å². The van der Waals surface area contributed by atoms with Gasteiger partial charge in [0, 0.05) is 29.5 Å². The number of H-pyrrole nitrogens is 2. The second-order valence-corrected chi connectivity index (χ2v) is 4.33. The molecule has 3 heterocycles. The Kier molecular flexibility index (Phi) is 3.29. The Hall–Kier alpha value is -2.88. The van der Waals surface area contributed by atoms with E-state index in [4.69, 9.17) is 0 Å². The molecule has 0 amide bonds. The van der Waals surface area contributed by atoms with Crippen LogP contribution in [0.25, 0.3) is 22.2 Å². The molecule has 3 aromatic heterocycles. The SMILES string of the molecule is O=c1[nH]cccccccc1-c1cc2cnccc2[nH]1. The number of rotatable bonds is 1. The summed E-state index contributed by atoms with van der Waals surface area (Å²) >= 11 is 0. The van der Waals surface area contributed by atoms with Crippen molar-refractivity contribution >= 4 is 10.9 Å². The molecular weight excluding hydrogens is 250 g/mol. The van der Waals surface area contributed by atoms with E-state index in [2.05, 4.69) is 15.0 Å². The summed E-state index contributed by atoms with van der Waals surface area (Å²) in [6, 6.07) is 14.9. The van der Waals surface area contributed by atoms with E-state index in [1.165, 1.54) is 0 Å². The molecule has 0 aliphatic heterocycles. The van der Waals surface area contributed by atoms with E-state index in [-0.39, 0.29) is 5.56 Å². The van der Waals surface area contributed by atoms with Gasteiger partial charge in [0.1, 0.15) is 0 Å². The van der Waals surface area contributed by atoms with Crippen molar-refractivity contribution in [3.05, 3.63) is 77.5 Å². The largest absolute Gasteiger partial charge is 0.354 e. The molecule has 0 unspecified atom stereocenters. The molecule has 0 fully saturated rings. The molecule has 98 valence electrons. The molecule has 0 aliphatic carbocycles. The van der Waals surface area contributed by atoms with Gasteiger partial charge in [-0.2, -0.15) is 0 Å². The lowest BCUT2D eigenvalue weighted by atomic mass is 10.2. The van der Waals surface area contributed by atoms with Crippen LogP contribution < -0.4 is 5.56 Å². The summed E-state index contributed by atoms with van der Waals surface area (Å²) in [7, 11) is 0. The summed E-state index contributed by atoms with van der Waals surface area (Å²) in [5, 5.41) is 0.979. The Bertz CT molecular complexity index is 814. The maximum absolute atomic E-state index is 12.2. The summed E-state index contributed by atoms with van der Waals surface area (Å²) in [6.07, 6.45) is 5.11. The summed E-state index contributed by atoms with van der Waals surface area (Å²) < 4.78 is 0. The van der Waals surface area contributed by atoms with Crippen molar-refractivity contribution in [2.24, 2.45) is 0 Å². The molecule has 0 saturated heterocycles. The maximum atomic E-state index is 12.2. The number of fused-ring (bicyclic) bond motifs is 1. The van der Waals surface area contributed by atoms with Crippen LogP contribution in [0, 0.1) is 0 Å². The molecule has 0 atom stereocenters. The van der Waals surface area contributed by atoms with Gasteiger partial charge in [-0.15, -0.1) is 0 Å². The Balaban J connectivity index is 2.25. The van der Waals surface area contributed by atoms with Crippen LogP contribution in [-0.2, 0) is 0 Å². The third-order valence-corrected chi connectivity index (χ3v) is 2.97. The van der Waals surface area contributed by atoms with Crippen molar-refractivity contribution in [3.8, 4) is 11.3 Å². The predicted octanol–water partition coefficient (Wildman–Crippen LogP) is 3.04. The Morgan fingerprint density at radius 1 is 1.00 bits per heavy atom. The van der Waals surface area contributed by atoms with Crippen LogP contribution in [-0.4, -0.2) is 15.0 Å². The third-order valence-electron chi connectivity index (χ3n) is 2.97. The first-order valence-corrected chi connectivity index (χ1v) is 6.29. The first kappa shape index (κ1) is 12.2. The van der Waals surface area contributed by atoms with E-state index < -0.39 is 0 Å². The van der Waals surface area contributed by atoms with Gasteiger partial charge in [-0.05, 0) is 24.3 Å². The first-order valence-electron chi connectivity index (χ1n) is 6.29. The topological polar surface area (TPSA) is 61.5 Å². The molecule has 0 saturated carbocycles. The fourth-order valence-electron chi connectivity index (χ4n) is 2.01. The van der Waals surface area contributed by atoms with E-state index in [9.17, 15) is 4.79 Å². The highest BCUT2D eigenvalue weighted by atomic mass is 16.1. The van der Waals surface area contributed by atoms with E-state index >= 15 is 0 Å². The number of hydrogen-bond donors (Lipinski definition) is 2. The van der Waals surface area contributed by atoms with Crippen LogP contribution in [0.2, 0.25) is 0 Å². The Labute approximate surface area is 115 Å². The Morgan fingerprint density at radius 3 is 2.75 bits per heavy atom. The van der Waals surface area contributed by atoms with Crippen molar-refractivity contribution in [3.63, 3.8) is 0 Å². The van der Waals surface area contributed by atoms with Gasteiger partial charge in [0.2, 0.25) is 0 Å². The fraction of sp³-hybridized carbons (Fsp3) is 0. The van der Waals surface area contributed by atoms with Crippen LogP contribution in [0.3, 0.4) is 0 Å². The molecule has 20 heavy (non-hydrogen) atoms. The standard InChI is InChI=1S/C16H13N3O/c20-16-13(6-4-2-1-3-5-8-18-16)15-10-12-11-17-9-7-14(12)19-15/h1-11,19H,(H,18,20). The normalized spacial score (nSPS) is 10.2. The smallest absolute Gasteiger partial charge is 0.257 e. The number of hydrogen-bond acceptors (Lipinski definition) is 2. The van der Waals surface area contributed by atoms with Crippen molar-refractivity contribution in [1.82, 2.24) is 15.0 Å². The van der Waals surface area contributed by atoms with Gasteiger partial charge in [-0.1, -0.05) is 24.3 Å². The molecule has 3 rings (SSSR count). The van der Waals surface area contributed by atoms with E-state index in [1.807, 2.05) is 36.4 Å². The van der Waals surface area contributed by atoms with Crippen LogP contribution in [0.1, 0.15) is 0 Å². The molecule has 4 nitrogen and oxygen atoms in total. The van der Waals surface area contributed by atoms with Gasteiger partial charge >= 0.3 is 0 Å². The van der Waals surface area contributed by atoms with Crippen molar-refractivity contribution < 1.29 is 0 Å². The highest BCUT2D eigenvalue weighted by Gasteiger charge is 2.04. The Morgan fingerprint density at radius 2 is 1.85 bits per heavy atom. The lowest BCUT2D eigenvalue weighted by Gasteiger charge is -1.92. The summed E-state index contributed by atoms with van der Waals surface area (Å²) in [6.45, 7) is 0. The molecule has 0 spiro atoms. The predicted molar refractivity (Wildman–Crippen MR) is 79.8 cm³/mol. The minimum absolute atomic E-state index is 0.152. The minimum Gasteiger partial charge on any atom is -0.354 e. The molecule has 0 aliphatic rings. The van der Waals surface area contributed by atoms with E-state index in [0.717, 1.165) is 16.6 Å². The van der Waals surface area contributed by atoms with Crippen LogP contribution in [0.4, 0.5) is 0 Å². The maximum Gasteiger partial charge on any atom is 0.257 e.